The van der Waals surface area contributed by atoms with Crippen LogP contribution >= 0.6 is 0 Å². The highest BCUT2D eigenvalue weighted by molar-refractivity contribution is 5.73. The van der Waals surface area contributed by atoms with Crippen LogP contribution in [0.4, 0.5) is 0 Å². The predicted octanol–water partition coefficient (Wildman–Crippen LogP) is 0.252. The monoisotopic (exact) mass is 213 g/mol. The Hall–Kier alpha value is -0.610. The summed E-state index contributed by atoms with van der Waals surface area (Å²) in [5.74, 6) is 0.212. The van der Waals surface area contributed by atoms with E-state index >= 15 is 0 Å². The van der Waals surface area contributed by atoms with Gasteiger partial charge < -0.3 is 14.7 Å². The first kappa shape index (κ1) is 10.9. The summed E-state index contributed by atoms with van der Waals surface area (Å²) in [5, 5.41) is 9.71. The molecule has 4 nitrogen and oxygen atoms in total. The molecule has 1 N–H and O–H groups in total. The van der Waals surface area contributed by atoms with Gasteiger partial charge >= 0.3 is 5.97 Å². The maximum atomic E-state index is 11.4. The van der Waals surface area contributed by atoms with Crippen molar-refractivity contribution in [2.45, 2.75) is 25.4 Å². The maximum Gasteiger partial charge on any atom is 0.312 e. The molecule has 0 radical (unpaired) electrons. The van der Waals surface area contributed by atoms with Crippen molar-refractivity contribution in [3.8, 4) is 0 Å². The third-order valence-corrected chi connectivity index (χ3v) is 3.38. The minimum absolute atomic E-state index is 0.275. The lowest BCUT2D eigenvalue weighted by molar-refractivity contribution is -0.152. The Kier molecular flexibility index (Phi) is 3.26. The van der Waals surface area contributed by atoms with Gasteiger partial charge in [0.2, 0.25) is 0 Å². The number of aliphatic hydroxyl groups is 1. The molecular weight excluding hydrogens is 194 g/mol. The van der Waals surface area contributed by atoms with Crippen LogP contribution in [0.2, 0.25) is 0 Å². The Bertz CT molecular complexity index is 240. The molecule has 2 rings (SSSR count). The largest absolute Gasteiger partial charge is 0.469 e. The van der Waals surface area contributed by atoms with Crippen LogP contribution in [0.1, 0.15) is 19.3 Å². The zero-order valence-electron chi connectivity index (χ0n) is 9.19. The molecule has 15 heavy (non-hydrogen) atoms. The lowest BCUT2D eigenvalue weighted by Gasteiger charge is -2.34. The third kappa shape index (κ3) is 2.69. The summed E-state index contributed by atoms with van der Waals surface area (Å²) in [4.78, 5) is 13.7. The number of likely N-dealkylation sites (tertiary alicyclic amines) is 1. The fourth-order valence-electron chi connectivity index (χ4n) is 2.22. The van der Waals surface area contributed by atoms with Crippen LogP contribution in [-0.4, -0.2) is 48.8 Å². The molecule has 0 aromatic rings. The van der Waals surface area contributed by atoms with E-state index in [0.29, 0.717) is 13.0 Å². The molecule has 0 aromatic carbocycles. The van der Waals surface area contributed by atoms with Crippen molar-refractivity contribution in [1.29, 1.82) is 0 Å². The molecular formula is C11H19NO3. The van der Waals surface area contributed by atoms with Gasteiger partial charge in [0.15, 0.2) is 0 Å². The highest BCUT2D eigenvalue weighted by Crippen LogP contribution is 2.31. The van der Waals surface area contributed by atoms with E-state index in [1.54, 1.807) is 0 Å². The van der Waals surface area contributed by atoms with E-state index in [4.69, 9.17) is 4.74 Å². The number of hydrogen-bond acceptors (Lipinski definition) is 4. The molecule has 1 aliphatic carbocycles. The molecule has 0 aromatic heterocycles. The fourth-order valence-corrected chi connectivity index (χ4v) is 2.22. The van der Waals surface area contributed by atoms with Crippen LogP contribution in [-0.2, 0) is 9.53 Å². The van der Waals surface area contributed by atoms with Gasteiger partial charge in [0.1, 0.15) is 0 Å². The Labute approximate surface area is 90.2 Å². The van der Waals surface area contributed by atoms with Crippen LogP contribution in [0.25, 0.3) is 0 Å². The number of esters is 1. The Morgan fingerprint density at radius 2 is 2.20 bits per heavy atom. The number of carbonyl (C=O) groups excluding carboxylic acids is 1. The van der Waals surface area contributed by atoms with Crippen molar-refractivity contribution in [3.63, 3.8) is 0 Å². The van der Waals surface area contributed by atoms with E-state index in [0.717, 1.165) is 19.0 Å². The minimum Gasteiger partial charge on any atom is -0.469 e. The van der Waals surface area contributed by atoms with Gasteiger partial charge in [-0.2, -0.15) is 0 Å². The Morgan fingerprint density at radius 1 is 1.47 bits per heavy atom. The number of carbonyl (C=O) groups is 1. The minimum atomic E-state index is -0.520. The molecule has 86 valence electrons. The summed E-state index contributed by atoms with van der Waals surface area (Å²) in [6.45, 7) is 2.65. The van der Waals surface area contributed by atoms with E-state index in [-0.39, 0.29) is 11.9 Å². The predicted molar refractivity (Wildman–Crippen MR) is 55.3 cm³/mol. The highest BCUT2D eigenvalue weighted by atomic mass is 16.5. The van der Waals surface area contributed by atoms with Crippen LogP contribution in [0, 0.1) is 11.8 Å². The van der Waals surface area contributed by atoms with E-state index in [9.17, 15) is 9.90 Å². The average Bonchev–Trinajstić information content (AvgIpc) is 3.04. The number of hydrogen-bond donors (Lipinski definition) is 1. The van der Waals surface area contributed by atoms with Gasteiger partial charge in [0.05, 0.1) is 19.1 Å². The quantitative estimate of drug-likeness (QED) is 0.683. The molecule has 0 unspecified atom stereocenters. The molecule has 0 bridgehead atoms. The second-order valence-corrected chi connectivity index (χ2v) is 4.69. The highest BCUT2D eigenvalue weighted by Gasteiger charge is 2.35. The molecule has 2 fully saturated rings. The third-order valence-electron chi connectivity index (χ3n) is 3.38. The van der Waals surface area contributed by atoms with Crippen molar-refractivity contribution in [2.75, 3.05) is 26.7 Å². The van der Waals surface area contributed by atoms with E-state index < -0.39 is 6.10 Å². The fraction of sp³-hybridized carbons (Fsp3) is 0.909. The van der Waals surface area contributed by atoms with Crippen molar-refractivity contribution in [1.82, 2.24) is 4.90 Å². The lowest BCUT2D eigenvalue weighted by atomic mass is 9.94. The first-order valence-electron chi connectivity index (χ1n) is 5.69. The first-order valence-corrected chi connectivity index (χ1v) is 5.69. The molecule has 2 atom stereocenters. The molecule has 1 saturated heterocycles. The molecule has 1 aliphatic heterocycles. The number of rotatable bonds is 3. The second-order valence-electron chi connectivity index (χ2n) is 4.69. The maximum absolute atomic E-state index is 11.4. The van der Waals surface area contributed by atoms with Crippen LogP contribution in [0.5, 0.6) is 0 Å². The van der Waals surface area contributed by atoms with Crippen molar-refractivity contribution >= 4 is 5.97 Å². The average molecular weight is 213 g/mol. The summed E-state index contributed by atoms with van der Waals surface area (Å²) in [6.07, 6.45) is 2.81. The van der Waals surface area contributed by atoms with Gasteiger partial charge in [-0.3, -0.25) is 4.79 Å². The van der Waals surface area contributed by atoms with Gasteiger partial charge in [0, 0.05) is 19.6 Å². The number of piperidine rings is 1. The van der Waals surface area contributed by atoms with E-state index in [1.807, 2.05) is 0 Å². The van der Waals surface area contributed by atoms with Gasteiger partial charge in [-0.25, -0.2) is 0 Å². The summed E-state index contributed by atoms with van der Waals surface area (Å²) in [7, 11) is 1.38. The zero-order valence-corrected chi connectivity index (χ0v) is 9.19. The Balaban J connectivity index is 1.87. The van der Waals surface area contributed by atoms with Crippen LogP contribution < -0.4 is 0 Å². The molecule has 0 amide bonds. The number of methoxy groups -OCH3 is 1. The van der Waals surface area contributed by atoms with E-state index in [1.165, 1.54) is 20.0 Å². The topological polar surface area (TPSA) is 49.8 Å². The molecule has 1 heterocycles. The summed E-state index contributed by atoms with van der Waals surface area (Å²) in [5.41, 5.74) is 0. The van der Waals surface area contributed by atoms with Crippen molar-refractivity contribution in [2.24, 2.45) is 11.8 Å². The van der Waals surface area contributed by atoms with Gasteiger partial charge in [-0.15, -0.1) is 0 Å². The lowest BCUT2D eigenvalue weighted by Crippen LogP contribution is -2.47. The SMILES string of the molecule is COC(=O)[C@H]1CN(CC2CC2)CC[C@H]1O. The van der Waals surface area contributed by atoms with E-state index in [2.05, 4.69) is 4.90 Å². The van der Waals surface area contributed by atoms with Crippen LogP contribution in [0.15, 0.2) is 0 Å². The number of ether oxygens (including phenoxy) is 1. The second kappa shape index (κ2) is 4.49. The molecule has 1 saturated carbocycles. The standard InChI is InChI=1S/C11H19NO3/c1-15-11(14)9-7-12(5-4-10(9)13)6-8-2-3-8/h8-10,13H,2-7H2,1H3/t9-,10+/m0/s1. The molecule has 0 spiro atoms. The van der Waals surface area contributed by atoms with Crippen LogP contribution in [0.3, 0.4) is 0 Å². The number of aliphatic hydroxyl groups excluding tert-OH is 1. The van der Waals surface area contributed by atoms with Gasteiger partial charge in [-0.1, -0.05) is 0 Å². The van der Waals surface area contributed by atoms with Crippen molar-refractivity contribution < 1.29 is 14.6 Å². The van der Waals surface area contributed by atoms with Crippen molar-refractivity contribution in [3.05, 3.63) is 0 Å². The first-order chi connectivity index (χ1) is 7.20. The Morgan fingerprint density at radius 3 is 2.80 bits per heavy atom. The summed E-state index contributed by atoms with van der Waals surface area (Å²) in [6, 6.07) is 0. The smallest absolute Gasteiger partial charge is 0.312 e. The molecule has 4 heteroatoms. The van der Waals surface area contributed by atoms with Gasteiger partial charge in [0.25, 0.3) is 0 Å². The zero-order chi connectivity index (χ0) is 10.8. The summed E-state index contributed by atoms with van der Waals surface area (Å²) >= 11 is 0. The molecule has 2 aliphatic rings. The summed E-state index contributed by atoms with van der Waals surface area (Å²) < 4.78 is 4.70. The van der Waals surface area contributed by atoms with Gasteiger partial charge in [-0.05, 0) is 25.2 Å². The normalized spacial score (nSPS) is 32.7. The number of nitrogens with zero attached hydrogens (tertiary/aromatic N) is 1.